The minimum atomic E-state index is 0.633. The number of rotatable bonds is 1. The van der Waals surface area contributed by atoms with Crippen molar-refractivity contribution in [3.63, 3.8) is 0 Å². The zero-order valence-electron chi connectivity index (χ0n) is 10.3. The molecule has 0 amide bonds. The number of benzene rings is 2. The van der Waals surface area contributed by atoms with Crippen LogP contribution >= 0.6 is 11.6 Å². The van der Waals surface area contributed by atoms with E-state index in [1.807, 2.05) is 43.3 Å². The molecule has 0 radical (unpaired) electrons. The molecular weight excluding hydrogens is 258 g/mol. The van der Waals surface area contributed by atoms with Crippen molar-refractivity contribution in [1.29, 1.82) is 5.26 Å². The Kier molecular flexibility index (Phi) is 2.73. The van der Waals surface area contributed by atoms with Crippen LogP contribution in [0.15, 0.2) is 42.6 Å². The maximum atomic E-state index is 9.15. The first kappa shape index (κ1) is 11.8. The van der Waals surface area contributed by atoms with Crippen molar-refractivity contribution in [3.8, 4) is 11.8 Å². The zero-order valence-corrected chi connectivity index (χ0v) is 11.0. The largest absolute Gasteiger partial charge is 0.239 e. The van der Waals surface area contributed by atoms with Gasteiger partial charge in [0.05, 0.1) is 28.0 Å². The lowest BCUT2D eigenvalue weighted by Crippen LogP contribution is -1.97. The molecular formula is C15H10ClN3. The summed E-state index contributed by atoms with van der Waals surface area (Å²) in [7, 11) is 0. The first-order valence-corrected chi connectivity index (χ1v) is 6.22. The van der Waals surface area contributed by atoms with Crippen LogP contribution in [0.5, 0.6) is 0 Å². The summed E-state index contributed by atoms with van der Waals surface area (Å²) >= 11 is 6.05. The van der Waals surface area contributed by atoms with Gasteiger partial charge in [0.25, 0.3) is 0 Å². The van der Waals surface area contributed by atoms with Crippen LogP contribution in [0, 0.1) is 18.3 Å². The number of nitrogens with zero attached hydrogens (tertiary/aromatic N) is 3. The molecule has 0 saturated heterocycles. The van der Waals surface area contributed by atoms with Gasteiger partial charge in [0.15, 0.2) is 0 Å². The molecule has 4 heteroatoms. The lowest BCUT2D eigenvalue weighted by molar-refractivity contribution is 0.869. The maximum Gasteiger partial charge on any atom is 0.0998 e. The monoisotopic (exact) mass is 267 g/mol. The van der Waals surface area contributed by atoms with Gasteiger partial charge in [0.1, 0.15) is 0 Å². The number of hydrogen-bond acceptors (Lipinski definition) is 2. The van der Waals surface area contributed by atoms with Crippen LogP contribution in [0.2, 0.25) is 5.02 Å². The van der Waals surface area contributed by atoms with Gasteiger partial charge in [-0.2, -0.15) is 10.4 Å². The Morgan fingerprint density at radius 3 is 2.53 bits per heavy atom. The summed E-state index contributed by atoms with van der Waals surface area (Å²) in [6.07, 6.45) is 1.78. The van der Waals surface area contributed by atoms with E-state index < -0.39 is 0 Å². The fraction of sp³-hybridized carbons (Fsp3) is 0.0667. The lowest BCUT2D eigenvalue weighted by atomic mass is 10.0. The summed E-state index contributed by atoms with van der Waals surface area (Å²) in [5, 5.41) is 16.1. The Morgan fingerprint density at radius 1 is 1.16 bits per heavy atom. The third-order valence-electron chi connectivity index (χ3n) is 3.11. The minimum absolute atomic E-state index is 0.633. The van der Waals surface area contributed by atoms with E-state index in [1.54, 1.807) is 10.9 Å². The Hall–Kier alpha value is -2.31. The molecule has 1 heterocycles. The average Bonchev–Trinajstić information content (AvgIpc) is 2.77. The van der Waals surface area contributed by atoms with Gasteiger partial charge in [-0.3, -0.25) is 0 Å². The van der Waals surface area contributed by atoms with Crippen LogP contribution in [0.3, 0.4) is 0 Å². The van der Waals surface area contributed by atoms with Crippen LogP contribution in [0.4, 0.5) is 0 Å². The number of hydrogen-bond donors (Lipinski definition) is 0. The van der Waals surface area contributed by atoms with Crippen LogP contribution in [-0.2, 0) is 0 Å². The van der Waals surface area contributed by atoms with Gasteiger partial charge in [0.2, 0.25) is 0 Å². The predicted molar refractivity (Wildman–Crippen MR) is 75.5 cm³/mol. The summed E-state index contributed by atoms with van der Waals surface area (Å²) in [6.45, 7) is 1.87. The number of halogens is 1. The Bertz CT molecular complexity index is 792. The number of aryl methyl sites for hydroxylation is 1. The molecule has 0 N–H and O–H groups in total. The van der Waals surface area contributed by atoms with E-state index in [-0.39, 0.29) is 0 Å². The SMILES string of the molecule is Cc1nn(-c2ccc(C#N)c3ccccc23)cc1Cl. The van der Waals surface area contributed by atoms with E-state index in [1.165, 1.54) is 0 Å². The van der Waals surface area contributed by atoms with Crippen molar-refractivity contribution in [3.05, 3.63) is 58.9 Å². The number of fused-ring (bicyclic) bond motifs is 1. The Morgan fingerprint density at radius 2 is 1.89 bits per heavy atom. The van der Waals surface area contributed by atoms with Gasteiger partial charge >= 0.3 is 0 Å². The second kappa shape index (κ2) is 4.42. The van der Waals surface area contributed by atoms with Gasteiger partial charge in [-0.1, -0.05) is 35.9 Å². The zero-order chi connectivity index (χ0) is 13.4. The summed E-state index contributed by atoms with van der Waals surface area (Å²) in [5.74, 6) is 0. The standard InChI is InChI=1S/C15H10ClN3/c1-10-14(16)9-19(18-10)15-7-6-11(8-17)12-4-2-3-5-13(12)15/h2-7,9H,1H3. The summed E-state index contributed by atoms with van der Waals surface area (Å²) in [4.78, 5) is 0. The molecule has 0 aliphatic heterocycles. The van der Waals surface area contributed by atoms with Gasteiger partial charge < -0.3 is 0 Å². The average molecular weight is 268 g/mol. The first-order valence-electron chi connectivity index (χ1n) is 5.84. The molecule has 3 nitrogen and oxygen atoms in total. The minimum Gasteiger partial charge on any atom is -0.239 e. The van der Waals surface area contributed by atoms with Crippen molar-refractivity contribution >= 4 is 22.4 Å². The third-order valence-corrected chi connectivity index (χ3v) is 3.48. The molecule has 92 valence electrons. The molecule has 1 aromatic heterocycles. The lowest BCUT2D eigenvalue weighted by Gasteiger charge is -2.07. The number of aromatic nitrogens is 2. The fourth-order valence-electron chi connectivity index (χ4n) is 2.14. The second-order valence-corrected chi connectivity index (χ2v) is 4.70. The molecule has 0 atom stereocenters. The molecule has 0 aliphatic carbocycles. The van der Waals surface area contributed by atoms with Crippen molar-refractivity contribution < 1.29 is 0 Å². The molecule has 0 saturated carbocycles. The molecule has 0 fully saturated rings. The third kappa shape index (κ3) is 1.87. The smallest absolute Gasteiger partial charge is 0.0998 e. The van der Waals surface area contributed by atoms with E-state index in [9.17, 15) is 0 Å². The van der Waals surface area contributed by atoms with Crippen molar-refractivity contribution in [2.24, 2.45) is 0 Å². The highest BCUT2D eigenvalue weighted by Crippen LogP contribution is 2.26. The van der Waals surface area contributed by atoms with E-state index in [4.69, 9.17) is 16.9 Å². The summed E-state index contributed by atoms with van der Waals surface area (Å²) in [6, 6.07) is 13.7. The van der Waals surface area contributed by atoms with Gasteiger partial charge in [-0.15, -0.1) is 0 Å². The number of nitriles is 1. The van der Waals surface area contributed by atoms with Crippen LogP contribution in [-0.4, -0.2) is 9.78 Å². The van der Waals surface area contributed by atoms with Crippen molar-refractivity contribution in [1.82, 2.24) is 9.78 Å². The molecule has 3 aromatic rings. The molecule has 3 rings (SSSR count). The highest BCUT2D eigenvalue weighted by Gasteiger charge is 2.09. The Labute approximate surface area is 115 Å². The van der Waals surface area contributed by atoms with Crippen LogP contribution in [0.25, 0.3) is 16.5 Å². The van der Waals surface area contributed by atoms with Gasteiger partial charge in [-0.25, -0.2) is 4.68 Å². The van der Waals surface area contributed by atoms with Crippen molar-refractivity contribution in [2.45, 2.75) is 6.92 Å². The van der Waals surface area contributed by atoms with E-state index in [0.29, 0.717) is 10.6 Å². The first-order chi connectivity index (χ1) is 9.20. The molecule has 2 aromatic carbocycles. The predicted octanol–water partition coefficient (Wildman–Crippen LogP) is 3.86. The summed E-state index contributed by atoms with van der Waals surface area (Å²) in [5.41, 5.74) is 2.37. The van der Waals surface area contributed by atoms with Crippen molar-refractivity contribution in [2.75, 3.05) is 0 Å². The highest BCUT2D eigenvalue weighted by molar-refractivity contribution is 6.31. The quantitative estimate of drug-likeness (QED) is 0.672. The van der Waals surface area contributed by atoms with Gasteiger partial charge in [0, 0.05) is 17.0 Å². The van der Waals surface area contributed by atoms with Crippen LogP contribution in [0.1, 0.15) is 11.3 Å². The fourth-order valence-corrected chi connectivity index (χ4v) is 2.27. The molecule has 0 spiro atoms. The maximum absolute atomic E-state index is 9.15. The second-order valence-electron chi connectivity index (χ2n) is 4.30. The van der Waals surface area contributed by atoms with E-state index in [2.05, 4.69) is 11.2 Å². The van der Waals surface area contributed by atoms with E-state index in [0.717, 1.165) is 22.2 Å². The molecule has 19 heavy (non-hydrogen) atoms. The normalized spacial score (nSPS) is 10.6. The molecule has 0 aliphatic rings. The molecule has 0 unspecified atom stereocenters. The van der Waals surface area contributed by atoms with Gasteiger partial charge in [-0.05, 0) is 19.1 Å². The Balaban J connectivity index is 2.34. The summed E-state index contributed by atoms with van der Waals surface area (Å²) < 4.78 is 1.75. The highest BCUT2D eigenvalue weighted by atomic mass is 35.5. The van der Waals surface area contributed by atoms with Crippen LogP contribution < -0.4 is 0 Å². The molecule has 0 bridgehead atoms. The topological polar surface area (TPSA) is 41.6 Å². The van der Waals surface area contributed by atoms with E-state index >= 15 is 0 Å².